The molecule has 2 aliphatic heterocycles. The predicted octanol–water partition coefficient (Wildman–Crippen LogP) is 7.50. The smallest absolute Gasteiger partial charge is 0.139 e. The molecule has 0 unspecified atom stereocenters. The molecule has 230 valence electrons. The van der Waals surface area contributed by atoms with Gasteiger partial charge in [-0.2, -0.15) is 0 Å². The number of alkyl halides is 2. The molecule has 9 heteroatoms. The molecule has 2 fully saturated rings. The van der Waals surface area contributed by atoms with Gasteiger partial charge in [-0.05, 0) is 55.7 Å². The number of piperidine rings is 1. The Bertz CT molecular complexity index is 1880. The van der Waals surface area contributed by atoms with E-state index in [1.54, 1.807) is 7.11 Å². The Kier molecular flexibility index (Phi) is 8.07. The minimum Gasteiger partial charge on any atom is -0.497 e. The van der Waals surface area contributed by atoms with E-state index in [2.05, 4.69) is 34.1 Å². The first kappa shape index (κ1) is 28.8. The maximum Gasteiger partial charge on any atom is 0.139 e. The number of methoxy groups -OCH3 is 1. The molecule has 4 aromatic heterocycles. The van der Waals surface area contributed by atoms with E-state index >= 15 is 0 Å². The van der Waals surface area contributed by atoms with Crippen LogP contribution in [0.3, 0.4) is 0 Å². The first-order valence-corrected chi connectivity index (χ1v) is 15.5. The fourth-order valence-electron chi connectivity index (χ4n) is 6.04. The third-order valence-corrected chi connectivity index (χ3v) is 8.63. The number of imidazole rings is 2. The average Bonchev–Trinajstić information content (AvgIpc) is 3.83. The average molecular weight is 607 g/mol. The minimum atomic E-state index is -0.721. The Hall–Kier alpha value is -4.92. The number of nitrogens with zero attached hydrogens (tertiary/aromatic N) is 6. The number of hydrogen-bond acceptors (Lipinski definition) is 5. The highest BCUT2D eigenvalue weighted by atomic mass is 19.1. The van der Waals surface area contributed by atoms with Gasteiger partial charge in [-0.15, -0.1) is 0 Å². The molecule has 0 spiro atoms. The molecule has 0 aliphatic carbocycles. The van der Waals surface area contributed by atoms with Gasteiger partial charge in [0.25, 0.3) is 0 Å². The second kappa shape index (κ2) is 12.6. The van der Waals surface area contributed by atoms with Gasteiger partial charge in [-0.3, -0.25) is 0 Å². The van der Waals surface area contributed by atoms with Crippen molar-refractivity contribution >= 4 is 22.7 Å². The number of benzene rings is 2. The predicted molar refractivity (Wildman–Crippen MR) is 176 cm³/mol. The van der Waals surface area contributed by atoms with Gasteiger partial charge in [0.05, 0.1) is 18.5 Å². The highest BCUT2D eigenvalue weighted by Crippen LogP contribution is 2.27. The summed E-state index contributed by atoms with van der Waals surface area (Å²) >= 11 is 0. The lowest BCUT2D eigenvalue weighted by atomic mass is 10.1. The number of hydrogen-bond donors (Lipinski definition) is 0. The van der Waals surface area contributed by atoms with E-state index in [1.807, 2.05) is 88.2 Å². The van der Waals surface area contributed by atoms with Crippen LogP contribution in [0.2, 0.25) is 0 Å². The van der Waals surface area contributed by atoms with Crippen molar-refractivity contribution in [1.82, 2.24) is 18.8 Å². The van der Waals surface area contributed by atoms with Gasteiger partial charge >= 0.3 is 0 Å². The molecule has 0 bridgehead atoms. The van der Waals surface area contributed by atoms with Crippen LogP contribution < -0.4 is 14.5 Å². The lowest BCUT2D eigenvalue weighted by Gasteiger charge is -2.30. The van der Waals surface area contributed by atoms with E-state index in [0.29, 0.717) is 25.8 Å². The van der Waals surface area contributed by atoms with Gasteiger partial charge in [-0.1, -0.05) is 30.3 Å². The van der Waals surface area contributed by atoms with E-state index in [1.165, 1.54) is 0 Å². The molecule has 6 heterocycles. The van der Waals surface area contributed by atoms with Crippen molar-refractivity contribution in [2.24, 2.45) is 0 Å². The van der Waals surface area contributed by atoms with Crippen LogP contribution >= 0.6 is 0 Å². The van der Waals surface area contributed by atoms with Crippen LogP contribution in [0.4, 0.5) is 20.2 Å². The molecule has 6 aromatic rings. The van der Waals surface area contributed by atoms with Crippen molar-refractivity contribution in [2.75, 3.05) is 43.1 Å². The fourth-order valence-corrected chi connectivity index (χ4v) is 6.04. The molecule has 2 aromatic carbocycles. The van der Waals surface area contributed by atoms with Gasteiger partial charge in [0.2, 0.25) is 0 Å². The molecule has 45 heavy (non-hydrogen) atoms. The lowest BCUT2D eigenvalue weighted by Crippen LogP contribution is -2.34. The zero-order valence-corrected chi connectivity index (χ0v) is 25.3. The number of aromatic nitrogens is 4. The monoisotopic (exact) mass is 606 g/mol. The SMILES string of the molecule is COc1ccc(-c2cn3ccc(N4CC[C@H](F)C4)cc3n2)cc1.FC1CCN(c2ccn3cc(-c4ccccc4)nc3c2)CC1. The summed E-state index contributed by atoms with van der Waals surface area (Å²) in [7, 11) is 1.65. The second-order valence-corrected chi connectivity index (χ2v) is 11.6. The highest BCUT2D eigenvalue weighted by molar-refractivity contribution is 5.67. The Morgan fingerprint density at radius 2 is 1.18 bits per heavy atom. The van der Waals surface area contributed by atoms with Crippen molar-refractivity contribution in [3.8, 4) is 28.3 Å². The standard InChI is InChI=1S/C18H18FN3O.C18H18FN3/c1-23-16-4-2-13(3-5-16)17-12-22-9-7-15(10-18(22)20-17)21-8-6-14(19)11-21;19-15-6-9-21(10-7-15)16-8-11-22-13-17(20-18(22)12-16)14-4-2-1-3-5-14/h2-5,7,9-10,12,14H,6,8,11H2,1H3;1-5,8,11-13,15H,6-7,9-10H2/t14-;/m0./s1. The summed E-state index contributed by atoms with van der Waals surface area (Å²) in [5.74, 6) is 0.828. The zero-order valence-electron chi connectivity index (χ0n) is 25.3. The van der Waals surface area contributed by atoms with Crippen molar-refractivity contribution < 1.29 is 13.5 Å². The minimum absolute atomic E-state index is 0.474. The third kappa shape index (κ3) is 6.34. The summed E-state index contributed by atoms with van der Waals surface area (Å²) in [6.07, 6.45) is 8.55. The fraction of sp³-hybridized carbons (Fsp3) is 0.278. The Morgan fingerprint density at radius 3 is 1.73 bits per heavy atom. The second-order valence-electron chi connectivity index (χ2n) is 11.6. The third-order valence-electron chi connectivity index (χ3n) is 8.63. The quantitative estimate of drug-likeness (QED) is 0.204. The van der Waals surface area contributed by atoms with E-state index < -0.39 is 12.3 Å². The van der Waals surface area contributed by atoms with Crippen LogP contribution in [0, 0.1) is 0 Å². The molecular formula is C36H36F2N6O. The Morgan fingerprint density at radius 1 is 0.644 bits per heavy atom. The summed E-state index contributed by atoms with van der Waals surface area (Å²) in [6.45, 7) is 2.80. The maximum atomic E-state index is 13.4. The molecule has 7 nitrogen and oxygen atoms in total. The number of pyridine rings is 2. The van der Waals surface area contributed by atoms with E-state index in [-0.39, 0.29) is 0 Å². The number of halogens is 2. The van der Waals surface area contributed by atoms with Crippen molar-refractivity contribution in [2.45, 2.75) is 31.6 Å². The van der Waals surface area contributed by atoms with Crippen LogP contribution in [0.5, 0.6) is 5.75 Å². The first-order valence-electron chi connectivity index (χ1n) is 15.5. The lowest BCUT2D eigenvalue weighted by molar-refractivity contribution is 0.277. The number of rotatable bonds is 5. The number of fused-ring (bicyclic) bond motifs is 2. The van der Waals surface area contributed by atoms with Gasteiger partial charge in [0.15, 0.2) is 0 Å². The van der Waals surface area contributed by atoms with Crippen LogP contribution in [0.25, 0.3) is 33.8 Å². The summed E-state index contributed by atoms with van der Waals surface area (Å²) in [6, 6.07) is 26.2. The molecule has 1 atom stereocenters. The van der Waals surface area contributed by atoms with Crippen molar-refractivity contribution in [3.05, 3.63) is 104 Å². The Labute approximate surface area is 261 Å². The number of ether oxygens (including phenoxy) is 1. The van der Waals surface area contributed by atoms with Crippen molar-refractivity contribution in [1.29, 1.82) is 0 Å². The summed E-state index contributed by atoms with van der Waals surface area (Å²) < 4.78 is 35.9. The van der Waals surface area contributed by atoms with Crippen LogP contribution in [0.15, 0.2) is 104 Å². The van der Waals surface area contributed by atoms with Crippen LogP contribution in [-0.4, -0.2) is 64.4 Å². The van der Waals surface area contributed by atoms with E-state index in [0.717, 1.165) is 70.6 Å². The van der Waals surface area contributed by atoms with Gasteiger partial charge in [0, 0.05) is 85.6 Å². The largest absolute Gasteiger partial charge is 0.497 e. The van der Waals surface area contributed by atoms with Crippen LogP contribution in [-0.2, 0) is 0 Å². The van der Waals surface area contributed by atoms with Gasteiger partial charge in [0.1, 0.15) is 29.4 Å². The van der Waals surface area contributed by atoms with Gasteiger partial charge in [-0.25, -0.2) is 18.7 Å². The summed E-state index contributed by atoms with van der Waals surface area (Å²) in [4.78, 5) is 13.7. The molecule has 8 rings (SSSR count). The zero-order chi connectivity index (χ0) is 30.8. The van der Waals surface area contributed by atoms with E-state index in [9.17, 15) is 8.78 Å². The van der Waals surface area contributed by atoms with E-state index in [4.69, 9.17) is 14.7 Å². The molecule has 0 N–H and O–H groups in total. The van der Waals surface area contributed by atoms with Crippen molar-refractivity contribution in [3.63, 3.8) is 0 Å². The summed E-state index contributed by atoms with van der Waals surface area (Å²) in [5, 5.41) is 0. The molecular weight excluding hydrogens is 570 g/mol. The first-order chi connectivity index (χ1) is 22.0. The molecule has 0 saturated carbocycles. The maximum absolute atomic E-state index is 13.4. The normalized spacial score (nSPS) is 17.1. The molecule has 2 saturated heterocycles. The molecule has 2 aliphatic rings. The highest BCUT2D eigenvalue weighted by Gasteiger charge is 2.22. The summed E-state index contributed by atoms with van der Waals surface area (Å²) in [5.41, 5.74) is 8.00. The Balaban J connectivity index is 0.000000145. The molecule has 0 radical (unpaired) electrons. The number of anilines is 2. The van der Waals surface area contributed by atoms with Crippen LogP contribution in [0.1, 0.15) is 19.3 Å². The van der Waals surface area contributed by atoms with Gasteiger partial charge < -0.3 is 23.3 Å². The topological polar surface area (TPSA) is 50.3 Å². The molecule has 0 amide bonds.